The highest BCUT2D eigenvalue weighted by atomic mass is 35.5. The number of nitro benzene ring substituents is 1. The number of rotatable bonds is 3. The van der Waals surface area contributed by atoms with Gasteiger partial charge < -0.3 is 10.2 Å². The van der Waals surface area contributed by atoms with Gasteiger partial charge in [-0.1, -0.05) is 11.6 Å². The van der Waals surface area contributed by atoms with Gasteiger partial charge in [0.25, 0.3) is 11.6 Å². The fraction of sp³-hybridized carbons (Fsp3) is 0.533. The first-order valence-corrected chi connectivity index (χ1v) is 8.11. The molecule has 3 rings (SSSR count). The highest BCUT2D eigenvalue weighted by Gasteiger charge is 2.28. The summed E-state index contributed by atoms with van der Waals surface area (Å²) in [5.74, 6) is -0.195. The highest BCUT2D eigenvalue weighted by Crippen LogP contribution is 2.22. The molecule has 2 saturated heterocycles. The second-order valence-corrected chi connectivity index (χ2v) is 6.37. The van der Waals surface area contributed by atoms with Gasteiger partial charge in [0.05, 0.1) is 4.92 Å². The smallest absolute Gasteiger partial charge is 0.271 e. The van der Waals surface area contributed by atoms with Crippen LogP contribution in [0.3, 0.4) is 0 Å². The van der Waals surface area contributed by atoms with Crippen molar-refractivity contribution in [3.05, 3.63) is 38.9 Å². The van der Waals surface area contributed by atoms with Crippen molar-refractivity contribution >= 4 is 23.2 Å². The van der Waals surface area contributed by atoms with E-state index in [2.05, 4.69) is 10.2 Å². The van der Waals surface area contributed by atoms with E-state index in [4.69, 9.17) is 11.6 Å². The van der Waals surface area contributed by atoms with Crippen LogP contribution in [-0.4, -0.2) is 65.9 Å². The summed E-state index contributed by atoms with van der Waals surface area (Å²) >= 11 is 5.90. The van der Waals surface area contributed by atoms with Crippen molar-refractivity contribution in [1.29, 1.82) is 0 Å². The molecule has 1 amide bonds. The van der Waals surface area contributed by atoms with Gasteiger partial charge in [-0.25, -0.2) is 0 Å². The minimum absolute atomic E-state index is 0.156. The number of amides is 1. The fourth-order valence-electron chi connectivity index (χ4n) is 3.23. The molecule has 23 heavy (non-hydrogen) atoms. The van der Waals surface area contributed by atoms with E-state index in [1.807, 2.05) is 0 Å². The molecule has 1 aromatic rings. The molecule has 7 nitrogen and oxygen atoms in total. The number of non-ortho nitro benzene ring substituents is 1. The Morgan fingerprint density at radius 1 is 1.26 bits per heavy atom. The van der Waals surface area contributed by atoms with E-state index < -0.39 is 4.92 Å². The van der Waals surface area contributed by atoms with Crippen molar-refractivity contribution in [3.63, 3.8) is 0 Å². The van der Waals surface area contributed by atoms with Gasteiger partial charge in [-0.05, 0) is 19.0 Å². The van der Waals surface area contributed by atoms with Gasteiger partial charge in [0, 0.05) is 61.5 Å². The summed E-state index contributed by atoms with van der Waals surface area (Å²) in [6.07, 6.45) is 1.15. The number of halogens is 1. The number of nitrogens with one attached hydrogen (secondary N) is 1. The van der Waals surface area contributed by atoms with Crippen LogP contribution in [0.15, 0.2) is 18.2 Å². The molecule has 0 radical (unpaired) electrons. The lowest BCUT2D eigenvalue weighted by molar-refractivity contribution is -0.384. The van der Waals surface area contributed by atoms with Gasteiger partial charge in [0.1, 0.15) is 0 Å². The van der Waals surface area contributed by atoms with E-state index in [0.29, 0.717) is 19.1 Å². The second-order valence-electron chi connectivity index (χ2n) is 5.93. The summed E-state index contributed by atoms with van der Waals surface area (Å²) < 4.78 is 0. The van der Waals surface area contributed by atoms with Crippen molar-refractivity contribution in [2.24, 2.45) is 0 Å². The molecule has 0 spiro atoms. The fourth-order valence-corrected chi connectivity index (χ4v) is 3.46. The summed E-state index contributed by atoms with van der Waals surface area (Å²) in [4.78, 5) is 27.1. The number of hydrogen-bond donors (Lipinski definition) is 1. The van der Waals surface area contributed by atoms with Crippen LogP contribution >= 0.6 is 11.6 Å². The molecule has 1 atom stereocenters. The predicted molar refractivity (Wildman–Crippen MR) is 86.9 cm³/mol. The average Bonchev–Trinajstić information content (AvgIpc) is 3.08. The Balaban J connectivity index is 1.66. The van der Waals surface area contributed by atoms with Crippen LogP contribution in [0.25, 0.3) is 0 Å². The first kappa shape index (κ1) is 16.2. The largest absolute Gasteiger partial charge is 0.336 e. The van der Waals surface area contributed by atoms with Crippen molar-refractivity contribution in [2.75, 3.05) is 39.3 Å². The van der Waals surface area contributed by atoms with Crippen molar-refractivity contribution in [3.8, 4) is 0 Å². The van der Waals surface area contributed by atoms with E-state index >= 15 is 0 Å². The van der Waals surface area contributed by atoms with E-state index in [1.165, 1.54) is 18.2 Å². The Morgan fingerprint density at radius 3 is 2.61 bits per heavy atom. The molecule has 2 heterocycles. The Labute approximate surface area is 139 Å². The maximum absolute atomic E-state index is 12.6. The molecule has 0 aromatic heterocycles. The summed E-state index contributed by atoms with van der Waals surface area (Å²) in [5.41, 5.74) is 0.122. The number of carbonyl (C=O) groups is 1. The minimum atomic E-state index is -0.534. The van der Waals surface area contributed by atoms with Gasteiger partial charge in [-0.2, -0.15) is 0 Å². The Hall–Kier alpha value is -1.70. The van der Waals surface area contributed by atoms with Gasteiger partial charge in [0.2, 0.25) is 0 Å². The van der Waals surface area contributed by atoms with Crippen LogP contribution in [0.1, 0.15) is 16.8 Å². The van der Waals surface area contributed by atoms with Crippen molar-refractivity contribution in [1.82, 2.24) is 15.1 Å². The molecular weight excluding hydrogens is 320 g/mol. The van der Waals surface area contributed by atoms with Crippen LogP contribution in [0.5, 0.6) is 0 Å². The zero-order valence-corrected chi connectivity index (χ0v) is 13.5. The molecule has 0 saturated carbocycles. The van der Waals surface area contributed by atoms with E-state index in [0.717, 1.165) is 32.6 Å². The van der Waals surface area contributed by atoms with Crippen LogP contribution in [0.4, 0.5) is 5.69 Å². The van der Waals surface area contributed by atoms with Crippen molar-refractivity contribution < 1.29 is 9.72 Å². The normalized spacial score (nSPS) is 22.3. The molecule has 1 N–H and O–H groups in total. The Bertz CT molecular complexity index is 611. The molecule has 2 aliphatic heterocycles. The second kappa shape index (κ2) is 6.82. The van der Waals surface area contributed by atoms with Gasteiger partial charge in [0.15, 0.2) is 0 Å². The number of hydrogen-bond acceptors (Lipinski definition) is 5. The minimum Gasteiger partial charge on any atom is -0.336 e. The third-order valence-corrected chi connectivity index (χ3v) is 4.71. The Kier molecular flexibility index (Phi) is 4.79. The third-order valence-electron chi connectivity index (χ3n) is 4.49. The molecule has 2 aliphatic rings. The number of piperazine rings is 1. The molecule has 0 bridgehead atoms. The molecule has 2 fully saturated rings. The van der Waals surface area contributed by atoms with Gasteiger partial charge in [-0.3, -0.25) is 19.8 Å². The number of nitrogens with zero attached hydrogens (tertiary/aromatic N) is 3. The van der Waals surface area contributed by atoms with Crippen LogP contribution in [-0.2, 0) is 0 Å². The van der Waals surface area contributed by atoms with Crippen LogP contribution in [0.2, 0.25) is 5.02 Å². The Morgan fingerprint density at radius 2 is 2.00 bits per heavy atom. The lowest BCUT2D eigenvalue weighted by Gasteiger charge is -2.37. The zero-order valence-electron chi connectivity index (χ0n) is 12.7. The maximum atomic E-state index is 12.6. The van der Waals surface area contributed by atoms with Gasteiger partial charge >= 0.3 is 0 Å². The summed E-state index contributed by atoms with van der Waals surface area (Å²) in [7, 11) is 0. The lowest BCUT2D eigenvalue weighted by Crippen LogP contribution is -2.52. The monoisotopic (exact) mass is 338 g/mol. The van der Waals surface area contributed by atoms with E-state index in [-0.39, 0.29) is 22.2 Å². The summed E-state index contributed by atoms with van der Waals surface area (Å²) in [5, 5.41) is 14.5. The van der Waals surface area contributed by atoms with Crippen LogP contribution < -0.4 is 5.32 Å². The number of nitro groups is 1. The first-order chi connectivity index (χ1) is 11.0. The van der Waals surface area contributed by atoms with Crippen LogP contribution in [0, 0.1) is 10.1 Å². The summed E-state index contributed by atoms with van der Waals surface area (Å²) in [6.45, 7) is 5.00. The lowest BCUT2D eigenvalue weighted by atomic mass is 10.1. The predicted octanol–water partition coefficient (Wildman–Crippen LogP) is 1.37. The molecule has 8 heteroatoms. The highest BCUT2D eigenvalue weighted by molar-refractivity contribution is 6.31. The van der Waals surface area contributed by atoms with E-state index in [1.54, 1.807) is 4.90 Å². The topological polar surface area (TPSA) is 78.7 Å². The SMILES string of the molecule is O=C(c1cc(Cl)cc([N+](=O)[O-])c1)N1CCN(C2CCNC2)CC1. The molecule has 1 unspecified atom stereocenters. The summed E-state index contributed by atoms with van der Waals surface area (Å²) in [6, 6.07) is 4.59. The van der Waals surface area contributed by atoms with Gasteiger partial charge in [-0.15, -0.1) is 0 Å². The standard InChI is InChI=1S/C15H19ClN4O3/c16-12-7-11(8-14(9-12)20(22)23)15(21)19-5-3-18(4-6-19)13-1-2-17-10-13/h7-9,13,17H,1-6,10H2. The molecule has 1 aromatic carbocycles. The number of carbonyl (C=O) groups excluding carboxylic acids is 1. The molecular formula is C15H19ClN4O3. The van der Waals surface area contributed by atoms with Crippen molar-refractivity contribution in [2.45, 2.75) is 12.5 Å². The maximum Gasteiger partial charge on any atom is 0.271 e. The zero-order chi connectivity index (χ0) is 16.4. The van der Waals surface area contributed by atoms with E-state index in [9.17, 15) is 14.9 Å². The average molecular weight is 339 g/mol. The quantitative estimate of drug-likeness (QED) is 0.665. The molecule has 124 valence electrons. The number of benzene rings is 1. The molecule has 0 aliphatic carbocycles. The first-order valence-electron chi connectivity index (χ1n) is 7.73. The third kappa shape index (κ3) is 3.63.